The molecule has 4 nitrogen and oxygen atoms in total. The minimum absolute atomic E-state index is 0.109. The van der Waals surface area contributed by atoms with Crippen LogP contribution < -0.4 is 16.6 Å². The molecule has 0 aromatic carbocycles. The van der Waals surface area contributed by atoms with Gasteiger partial charge in [-0.05, 0) is 18.9 Å². The summed E-state index contributed by atoms with van der Waals surface area (Å²) in [5, 5.41) is 3.31. The first-order chi connectivity index (χ1) is 7.25. The lowest BCUT2D eigenvalue weighted by atomic mass is 9.95. The minimum Gasteiger partial charge on any atom is -0.396 e. The number of nitrogen functional groups attached to an aromatic ring is 1. The summed E-state index contributed by atoms with van der Waals surface area (Å²) >= 11 is 0. The molecule has 1 aliphatic carbocycles. The van der Waals surface area contributed by atoms with Crippen molar-refractivity contribution in [3.05, 3.63) is 22.5 Å². The largest absolute Gasteiger partial charge is 0.396 e. The summed E-state index contributed by atoms with van der Waals surface area (Å²) < 4.78 is 0. The zero-order chi connectivity index (χ0) is 10.7. The predicted molar refractivity (Wildman–Crippen MR) is 62.0 cm³/mol. The fourth-order valence-corrected chi connectivity index (χ4v) is 2.06. The highest BCUT2D eigenvalue weighted by molar-refractivity contribution is 5.60. The Kier molecular flexibility index (Phi) is 2.94. The molecule has 15 heavy (non-hydrogen) atoms. The Morgan fingerprint density at radius 3 is 2.73 bits per heavy atom. The highest BCUT2D eigenvalue weighted by Gasteiger charge is 2.14. The van der Waals surface area contributed by atoms with Crippen LogP contribution in [0.4, 0.5) is 11.5 Å². The van der Waals surface area contributed by atoms with E-state index in [1.165, 1.54) is 25.3 Å². The Balaban J connectivity index is 2.08. The minimum atomic E-state index is -0.109. The fourth-order valence-electron chi connectivity index (χ4n) is 2.06. The fraction of sp³-hybridized carbons (Fsp3) is 0.545. The highest BCUT2D eigenvalue weighted by atomic mass is 16.1. The van der Waals surface area contributed by atoms with Gasteiger partial charge in [0.25, 0.3) is 0 Å². The van der Waals surface area contributed by atoms with E-state index in [2.05, 4.69) is 10.3 Å². The second-order valence-corrected chi connectivity index (χ2v) is 4.13. The molecule has 1 aromatic rings. The predicted octanol–water partition coefficient (Wildman–Crippen LogP) is 1.70. The molecular formula is C11H17N3O. The third-order valence-electron chi connectivity index (χ3n) is 2.90. The van der Waals surface area contributed by atoms with Crippen LogP contribution >= 0.6 is 0 Å². The topological polar surface area (TPSA) is 70.9 Å². The first-order valence-electron chi connectivity index (χ1n) is 5.51. The number of aromatic nitrogens is 1. The maximum Gasteiger partial charge on any atom is 0.249 e. The Morgan fingerprint density at radius 2 is 2.00 bits per heavy atom. The van der Waals surface area contributed by atoms with Crippen LogP contribution in [0.1, 0.15) is 32.1 Å². The number of rotatable bonds is 2. The third-order valence-corrected chi connectivity index (χ3v) is 2.90. The average Bonchev–Trinajstić information content (AvgIpc) is 2.25. The van der Waals surface area contributed by atoms with Crippen LogP contribution in [-0.2, 0) is 0 Å². The quantitative estimate of drug-likeness (QED) is 0.691. The van der Waals surface area contributed by atoms with E-state index in [0.717, 1.165) is 12.8 Å². The van der Waals surface area contributed by atoms with Crippen molar-refractivity contribution >= 4 is 11.5 Å². The van der Waals surface area contributed by atoms with Crippen LogP contribution in [0, 0.1) is 0 Å². The van der Waals surface area contributed by atoms with Gasteiger partial charge in [0.15, 0.2) is 0 Å². The normalized spacial score (nSPS) is 17.6. The molecule has 0 bridgehead atoms. The van der Waals surface area contributed by atoms with Gasteiger partial charge in [0.2, 0.25) is 5.56 Å². The zero-order valence-electron chi connectivity index (χ0n) is 8.75. The molecule has 0 unspecified atom stereocenters. The smallest absolute Gasteiger partial charge is 0.249 e. The van der Waals surface area contributed by atoms with Crippen molar-refractivity contribution in [3.8, 4) is 0 Å². The van der Waals surface area contributed by atoms with Crippen LogP contribution in [-0.4, -0.2) is 11.0 Å². The van der Waals surface area contributed by atoms with Crippen LogP contribution in [0.15, 0.2) is 16.9 Å². The van der Waals surface area contributed by atoms with Crippen LogP contribution in [0.2, 0.25) is 0 Å². The number of pyridine rings is 1. The summed E-state index contributed by atoms with van der Waals surface area (Å²) in [5.41, 5.74) is 6.28. The van der Waals surface area contributed by atoms with Gasteiger partial charge in [-0.1, -0.05) is 19.3 Å². The summed E-state index contributed by atoms with van der Waals surface area (Å²) in [7, 11) is 0. The molecule has 0 radical (unpaired) electrons. The molecule has 0 atom stereocenters. The molecule has 2 rings (SSSR count). The van der Waals surface area contributed by atoms with Gasteiger partial charge in [-0.25, -0.2) is 0 Å². The van der Waals surface area contributed by atoms with E-state index in [1.807, 2.05) is 0 Å². The molecule has 1 aliphatic rings. The molecule has 1 heterocycles. The van der Waals surface area contributed by atoms with E-state index < -0.39 is 0 Å². The lowest BCUT2D eigenvalue weighted by Crippen LogP contribution is -2.24. The van der Waals surface area contributed by atoms with Gasteiger partial charge < -0.3 is 16.0 Å². The lowest BCUT2D eigenvalue weighted by Gasteiger charge is -2.24. The molecule has 1 saturated carbocycles. The van der Waals surface area contributed by atoms with Gasteiger partial charge >= 0.3 is 0 Å². The standard InChI is InChI=1S/C11H17N3O/c12-9-6-7-10(15)14-11(9)13-8-4-2-1-3-5-8/h6-8H,1-5,12H2,(H2,13,14,15). The number of hydrogen-bond donors (Lipinski definition) is 3. The second-order valence-electron chi connectivity index (χ2n) is 4.13. The Morgan fingerprint density at radius 1 is 1.27 bits per heavy atom. The third kappa shape index (κ3) is 2.52. The molecule has 0 amide bonds. The molecular weight excluding hydrogens is 190 g/mol. The van der Waals surface area contributed by atoms with Crippen molar-refractivity contribution in [2.75, 3.05) is 11.1 Å². The number of nitrogens with one attached hydrogen (secondary N) is 2. The van der Waals surface area contributed by atoms with Crippen molar-refractivity contribution < 1.29 is 0 Å². The van der Waals surface area contributed by atoms with Gasteiger partial charge in [-0.15, -0.1) is 0 Å². The average molecular weight is 207 g/mol. The Bertz CT molecular complexity index is 380. The van der Waals surface area contributed by atoms with E-state index >= 15 is 0 Å². The van der Waals surface area contributed by atoms with Crippen molar-refractivity contribution in [1.82, 2.24) is 4.98 Å². The van der Waals surface area contributed by atoms with Crippen LogP contribution in [0.25, 0.3) is 0 Å². The highest BCUT2D eigenvalue weighted by Crippen LogP contribution is 2.22. The van der Waals surface area contributed by atoms with Crippen molar-refractivity contribution in [2.24, 2.45) is 0 Å². The molecule has 0 saturated heterocycles. The van der Waals surface area contributed by atoms with Gasteiger partial charge in [0, 0.05) is 12.1 Å². The molecule has 1 fully saturated rings. The second kappa shape index (κ2) is 4.38. The van der Waals surface area contributed by atoms with Gasteiger partial charge in [-0.3, -0.25) is 4.79 Å². The molecule has 0 aliphatic heterocycles. The first-order valence-corrected chi connectivity index (χ1v) is 5.51. The number of hydrogen-bond acceptors (Lipinski definition) is 3. The Labute approximate surface area is 88.9 Å². The maximum atomic E-state index is 11.1. The summed E-state index contributed by atoms with van der Waals surface area (Å²) in [6.07, 6.45) is 6.16. The number of anilines is 2. The van der Waals surface area contributed by atoms with E-state index in [9.17, 15) is 4.79 Å². The number of aromatic amines is 1. The van der Waals surface area contributed by atoms with Crippen molar-refractivity contribution in [1.29, 1.82) is 0 Å². The van der Waals surface area contributed by atoms with Gasteiger partial charge in [0.1, 0.15) is 5.82 Å². The van der Waals surface area contributed by atoms with Gasteiger partial charge in [-0.2, -0.15) is 0 Å². The molecule has 0 spiro atoms. The molecule has 82 valence electrons. The maximum absolute atomic E-state index is 11.1. The van der Waals surface area contributed by atoms with Crippen LogP contribution in [0.5, 0.6) is 0 Å². The molecule has 1 aromatic heterocycles. The van der Waals surface area contributed by atoms with E-state index in [0.29, 0.717) is 17.5 Å². The molecule has 4 N–H and O–H groups in total. The molecule has 4 heteroatoms. The van der Waals surface area contributed by atoms with E-state index in [1.54, 1.807) is 6.07 Å². The zero-order valence-corrected chi connectivity index (χ0v) is 8.75. The first kappa shape index (κ1) is 10.1. The van der Waals surface area contributed by atoms with Gasteiger partial charge in [0.05, 0.1) is 5.69 Å². The summed E-state index contributed by atoms with van der Waals surface area (Å²) in [4.78, 5) is 13.9. The number of H-pyrrole nitrogens is 1. The van der Waals surface area contributed by atoms with Crippen LogP contribution in [0.3, 0.4) is 0 Å². The van der Waals surface area contributed by atoms with Crippen molar-refractivity contribution in [2.45, 2.75) is 38.1 Å². The summed E-state index contributed by atoms with van der Waals surface area (Å²) in [6.45, 7) is 0. The Hall–Kier alpha value is -1.45. The van der Waals surface area contributed by atoms with E-state index in [4.69, 9.17) is 5.73 Å². The summed E-state index contributed by atoms with van der Waals surface area (Å²) in [6, 6.07) is 3.55. The number of nitrogens with two attached hydrogens (primary N) is 1. The van der Waals surface area contributed by atoms with E-state index in [-0.39, 0.29) is 5.56 Å². The lowest BCUT2D eigenvalue weighted by molar-refractivity contribution is 0.462. The SMILES string of the molecule is Nc1ccc(=O)[nH]c1NC1CCCCC1. The monoisotopic (exact) mass is 207 g/mol. The summed E-state index contributed by atoms with van der Waals surface area (Å²) in [5.74, 6) is 0.675. The van der Waals surface area contributed by atoms with Crippen molar-refractivity contribution in [3.63, 3.8) is 0 Å².